The number of ether oxygens (including phenoxy) is 2. The van der Waals surface area contributed by atoms with Crippen LogP contribution in [-0.2, 0) is 14.8 Å². The zero-order valence-corrected chi connectivity index (χ0v) is 13.9. The molecular formula is C16H16N2O5S. The Kier molecular flexibility index (Phi) is 4.06. The summed E-state index contributed by atoms with van der Waals surface area (Å²) in [5.74, 6) is 0.691. The van der Waals surface area contributed by atoms with Gasteiger partial charge in [-0.15, -0.1) is 0 Å². The third-order valence-electron chi connectivity index (χ3n) is 3.54. The maximum Gasteiger partial charge on any atom is 0.262 e. The molecule has 0 unspecified atom stereocenters. The molecule has 0 aromatic heterocycles. The lowest BCUT2D eigenvalue weighted by Gasteiger charge is -2.20. The largest absolute Gasteiger partial charge is 0.497 e. The van der Waals surface area contributed by atoms with Crippen LogP contribution >= 0.6 is 0 Å². The van der Waals surface area contributed by atoms with Gasteiger partial charge >= 0.3 is 0 Å². The van der Waals surface area contributed by atoms with Crippen molar-refractivity contribution in [2.75, 3.05) is 23.8 Å². The number of benzene rings is 2. The molecule has 0 fully saturated rings. The minimum atomic E-state index is -3.79. The summed E-state index contributed by atoms with van der Waals surface area (Å²) >= 11 is 0. The van der Waals surface area contributed by atoms with Crippen LogP contribution in [0.1, 0.15) is 5.56 Å². The molecule has 1 aliphatic rings. The van der Waals surface area contributed by atoms with Crippen LogP contribution in [0.25, 0.3) is 0 Å². The van der Waals surface area contributed by atoms with Gasteiger partial charge in [0.15, 0.2) is 6.61 Å². The minimum Gasteiger partial charge on any atom is -0.497 e. The number of nitrogens with one attached hydrogen (secondary N) is 2. The van der Waals surface area contributed by atoms with Gasteiger partial charge in [0.05, 0.1) is 17.7 Å². The van der Waals surface area contributed by atoms with Crippen LogP contribution in [0.15, 0.2) is 41.3 Å². The Morgan fingerprint density at radius 3 is 2.58 bits per heavy atom. The van der Waals surface area contributed by atoms with E-state index in [0.717, 1.165) is 0 Å². The van der Waals surface area contributed by atoms with E-state index in [4.69, 9.17) is 9.47 Å². The van der Waals surface area contributed by atoms with E-state index in [9.17, 15) is 13.2 Å². The number of carbonyl (C=O) groups is 1. The van der Waals surface area contributed by atoms with Crippen LogP contribution in [0.4, 0.5) is 11.4 Å². The smallest absolute Gasteiger partial charge is 0.262 e. The lowest BCUT2D eigenvalue weighted by molar-refractivity contribution is -0.118. The lowest BCUT2D eigenvalue weighted by atomic mass is 10.2. The first-order chi connectivity index (χ1) is 11.4. The second-order valence-electron chi connectivity index (χ2n) is 5.28. The quantitative estimate of drug-likeness (QED) is 0.883. The Balaban J connectivity index is 1.93. The van der Waals surface area contributed by atoms with Crippen molar-refractivity contribution in [1.82, 2.24) is 0 Å². The summed E-state index contributed by atoms with van der Waals surface area (Å²) < 4.78 is 38.1. The Morgan fingerprint density at radius 1 is 1.21 bits per heavy atom. The normalized spacial score (nSPS) is 13.5. The van der Waals surface area contributed by atoms with Crippen molar-refractivity contribution >= 4 is 27.3 Å². The number of fused-ring (bicyclic) bond motifs is 1. The molecule has 0 saturated heterocycles. The molecule has 0 bridgehead atoms. The molecule has 0 aliphatic carbocycles. The predicted octanol–water partition coefficient (Wildman–Crippen LogP) is 2.14. The van der Waals surface area contributed by atoms with Gasteiger partial charge in [-0.05, 0) is 42.8 Å². The van der Waals surface area contributed by atoms with Crippen molar-refractivity contribution in [3.63, 3.8) is 0 Å². The summed E-state index contributed by atoms with van der Waals surface area (Å²) in [5, 5.41) is 2.65. The van der Waals surface area contributed by atoms with E-state index in [1.54, 1.807) is 37.3 Å². The molecule has 24 heavy (non-hydrogen) atoms. The highest BCUT2D eigenvalue weighted by Gasteiger charge is 2.23. The Labute approximate surface area is 139 Å². The lowest BCUT2D eigenvalue weighted by Crippen LogP contribution is -2.26. The number of hydrogen-bond acceptors (Lipinski definition) is 5. The minimum absolute atomic E-state index is 0.0909. The van der Waals surface area contributed by atoms with Crippen LogP contribution in [0.5, 0.6) is 11.5 Å². The third kappa shape index (κ3) is 3.13. The highest BCUT2D eigenvalue weighted by molar-refractivity contribution is 7.92. The van der Waals surface area contributed by atoms with E-state index in [-0.39, 0.29) is 17.4 Å². The molecule has 1 heterocycles. The average Bonchev–Trinajstić information content (AvgIpc) is 2.54. The van der Waals surface area contributed by atoms with E-state index in [0.29, 0.717) is 28.4 Å². The fourth-order valence-corrected chi connectivity index (χ4v) is 3.68. The molecule has 126 valence electrons. The summed E-state index contributed by atoms with van der Waals surface area (Å²) in [5.41, 5.74) is 1.38. The van der Waals surface area contributed by atoms with Crippen molar-refractivity contribution in [2.24, 2.45) is 0 Å². The van der Waals surface area contributed by atoms with Gasteiger partial charge in [0.1, 0.15) is 11.5 Å². The first kappa shape index (κ1) is 16.1. The van der Waals surface area contributed by atoms with Crippen molar-refractivity contribution in [2.45, 2.75) is 11.8 Å². The maximum atomic E-state index is 12.6. The molecule has 0 saturated carbocycles. The molecule has 2 aromatic rings. The number of carbonyl (C=O) groups excluding carboxylic acids is 1. The molecule has 2 aromatic carbocycles. The number of sulfonamides is 1. The van der Waals surface area contributed by atoms with Crippen LogP contribution < -0.4 is 19.5 Å². The highest BCUT2D eigenvalue weighted by atomic mass is 32.2. The van der Waals surface area contributed by atoms with Gasteiger partial charge in [-0.2, -0.15) is 0 Å². The standard InChI is InChI=1S/C16H16N2O5S/c1-10-7-13-14(23-9-16(19)17-13)8-15(10)24(20,21)18-11-3-5-12(22-2)6-4-11/h3-8,18H,9H2,1-2H3,(H,17,19). The van der Waals surface area contributed by atoms with Gasteiger partial charge in [0, 0.05) is 11.8 Å². The number of aryl methyl sites for hydroxylation is 1. The van der Waals surface area contributed by atoms with Crippen molar-refractivity contribution < 1.29 is 22.7 Å². The second kappa shape index (κ2) is 6.04. The molecule has 1 aliphatic heterocycles. The van der Waals surface area contributed by atoms with Crippen molar-refractivity contribution in [3.8, 4) is 11.5 Å². The van der Waals surface area contributed by atoms with E-state index in [1.807, 2.05) is 0 Å². The van der Waals surface area contributed by atoms with Gasteiger partial charge in [-0.1, -0.05) is 0 Å². The van der Waals surface area contributed by atoms with E-state index >= 15 is 0 Å². The van der Waals surface area contributed by atoms with Gasteiger partial charge in [0.2, 0.25) is 0 Å². The summed E-state index contributed by atoms with van der Waals surface area (Å²) in [6.45, 7) is 1.52. The van der Waals surface area contributed by atoms with Gasteiger partial charge in [0.25, 0.3) is 15.9 Å². The zero-order chi connectivity index (χ0) is 17.3. The molecule has 8 heteroatoms. The number of hydrogen-bond donors (Lipinski definition) is 2. The Morgan fingerprint density at radius 2 is 1.92 bits per heavy atom. The Bertz CT molecular complexity index is 891. The predicted molar refractivity (Wildman–Crippen MR) is 89.1 cm³/mol. The summed E-state index contributed by atoms with van der Waals surface area (Å²) in [6.07, 6.45) is 0. The number of methoxy groups -OCH3 is 1. The van der Waals surface area contributed by atoms with E-state index < -0.39 is 10.0 Å². The molecule has 7 nitrogen and oxygen atoms in total. The summed E-state index contributed by atoms with van der Waals surface area (Å²) in [6, 6.07) is 9.54. The Hall–Kier alpha value is -2.74. The SMILES string of the molecule is COc1ccc(NS(=O)(=O)c2cc3c(cc2C)NC(=O)CO3)cc1. The fraction of sp³-hybridized carbons (Fsp3) is 0.188. The fourth-order valence-electron chi connectivity index (χ4n) is 2.37. The molecule has 3 rings (SSSR count). The van der Waals surface area contributed by atoms with Gasteiger partial charge < -0.3 is 14.8 Å². The first-order valence-corrected chi connectivity index (χ1v) is 8.61. The molecule has 1 amide bonds. The van der Waals surface area contributed by atoms with E-state index in [2.05, 4.69) is 10.0 Å². The van der Waals surface area contributed by atoms with Crippen molar-refractivity contribution in [3.05, 3.63) is 42.0 Å². The summed E-state index contributed by atoms with van der Waals surface area (Å²) in [4.78, 5) is 11.4. The van der Waals surface area contributed by atoms with Crippen LogP contribution in [-0.4, -0.2) is 28.0 Å². The number of anilines is 2. The van der Waals surface area contributed by atoms with Crippen LogP contribution in [0, 0.1) is 6.92 Å². The van der Waals surface area contributed by atoms with E-state index in [1.165, 1.54) is 13.2 Å². The molecule has 0 radical (unpaired) electrons. The average molecular weight is 348 g/mol. The monoisotopic (exact) mass is 348 g/mol. The van der Waals surface area contributed by atoms with Crippen LogP contribution in [0.2, 0.25) is 0 Å². The molecule has 0 spiro atoms. The van der Waals surface area contributed by atoms with Gasteiger partial charge in [-0.3, -0.25) is 9.52 Å². The third-order valence-corrected chi connectivity index (χ3v) is 5.07. The van der Waals surface area contributed by atoms with Gasteiger partial charge in [-0.25, -0.2) is 8.42 Å². The van der Waals surface area contributed by atoms with Crippen LogP contribution in [0.3, 0.4) is 0 Å². The summed E-state index contributed by atoms with van der Waals surface area (Å²) in [7, 11) is -2.26. The molecular weight excluding hydrogens is 332 g/mol. The topological polar surface area (TPSA) is 93.7 Å². The number of amides is 1. The highest BCUT2D eigenvalue weighted by Crippen LogP contribution is 2.33. The number of rotatable bonds is 4. The second-order valence-corrected chi connectivity index (χ2v) is 6.94. The zero-order valence-electron chi connectivity index (χ0n) is 13.1. The molecule has 2 N–H and O–H groups in total. The van der Waals surface area contributed by atoms with Crippen molar-refractivity contribution in [1.29, 1.82) is 0 Å². The first-order valence-electron chi connectivity index (χ1n) is 7.13. The maximum absolute atomic E-state index is 12.6. The molecule has 0 atom stereocenters.